The molecule has 0 radical (unpaired) electrons. The Labute approximate surface area is 389 Å². The number of aromatic hydroxyl groups is 1. The maximum atomic E-state index is 12.0. The molecule has 0 saturated heterocycles. The van der Waals surface area contributed by atoms with Crippen molar-refractivity contribution in [3.63, 3.8) is 0 Å². The van der Waals surface area contributed by atoms with Crippen molar-refractivity contribution in [3.05, 3.63) is 133 Å². The van der Waals surface area contributed by atoms with Crippen molar-refractivity contribution in [2.75, 3.05) is 0 Å². The van der Waals surface area contributed by atoms with E-state index in [1.807, 2.05) is 36.4 Å². The van der Waals surface area contributed by atoms with E-state index in [2.05, 4.69) is 48.1 Å². The van der Waals surface area contributed by atoms with Crippen LogP contribution in [0.25, 0.3) is 32.3 Å². The standard InChI is InChI=1S/C16H10O10S3.C8H10.2C5H5N.BrH.3Na.3H/c17-11-6-2-7-1-3-9-13-10(5-4-8(11)12(7)13)15(28(21,22)23)16(29(24,25)26)14(9)27(18,19)20;1-7-3-5-8(2)6-4-7;2*1-2-4-6-5-3-1;;;;;;;/h1-6,17H,(H,18,19,20)(H,21,22,23)(H,24,25,26);3-6H,1-2H3;2*1-5H;1H;;;;;;/q;;;;;3*+1;3*-1. The van der Waals surface area contributed by atoms with E-state index in [1.165, 1.54) is 35.4 Å². The van der Waals surface area contributed by atoms with Crippen molar-refractivity contribution in [1.29, 1.82) is 0 Å². The van der Waals surface area contributed by atoms with Gasteiger partial charge in [-0.2, -0.15) is 25.3 Å². The molecular weight excluding hydrogens is 841 g/mol. The summed E-state index contributed by atoms with van der Waals surface area (Å²) in [4.78, 5) is 3.09. The number of aromatic nitrogens is 2. The van der Waals surface area contributed by atoms with Crippen molar-refractivity contribution in [3.8, 4) is 5.75 Å². The number of benzene rings is 5. The van der Waals surface area contributed by atoms with Gasteiger partial charge in [-0.05, 0) is 55.6 Å². The molecule has 0 bridgehead atoms. The number of pyridine rings is 2. The topological polar surface area (TPSA) is 209 Å². The molecule has 19 heteroatoms. The van der Waals surface area contributed by atoms with Crippen molar-refractivity contribution < 1.29 is 137 Å². The first-order valence-corrected chi connectivity index (χ1v) is 18.5. The minimum absolute atomic E-state index is 0. The van der Waals surface area contributed by atoms with Crippen LogP contribution in [0, 0.1) is 13.8 Å². The first-order chi connectivity index (χ1) is 23.0. The van der Waals surface area contributed by atoms with Crippen LogP contribution in [-0.2, 0) is 30.4 Å². The molecule has 7 rings (SSSR count). The molecule has 4 N–H and O–H groups in total. The molecule has 0 saturated carbocycles. The van der Waals surface area contributed by atoms with E-state index in [0.29, 0.717) is 5.39 Å². The molecule has 0 fully saturated rings. The van der Waals surface area contributed by atoms with E-state index in [1.54, 1.807) is 24.8 Å². The Morgan fingerprint density at radius 1 is 0.472 bits per heavy atom. The molecule has 0 spiro atoms. The summed E-state index contributed by atoms with van der Waals surface area (Å²) in [6, 6.07) is 27.5. The molecule has 0 aliphatic heterocycles. The molecule has 0 unspecified atom stereocenters. The van der Waals surface area contributed by atoms with Crippen molar-refractivity contribution >= 4 is 79.7 Å². The normalized spacial score (nSPS) is 10.7. The SMILES string of the molecule is Br.Cc1ccc(C)cc1.O=S(=O)(O)c1c(S(=O)(=O)O)c2ccc3ccc(O)c4ccc(c1S(=O)(=O)O)c2c34.[H-].[H-].[H-].[Na+].[Na+].[Na+].c1ccncc1.c1ccncc1. The summed E-state index contributed by atoms with van der Waals surface area (Å²) in [6.07, 6.45) is 7.00. The van der Waals surface area contributed by atoms with Crippen molar-refractivity contribution in [2.24, 2.45) is 0 Å². The number of nitrogens with zero attached hydrogens (tertiary/aromatic N) is 2. The maximum absolute atomic E-state index is 12.0. The molecule has 2 heterocycles. The van der Waals surface area contributed by atoms with Gasteiger partial charge in [-0.1, -0.05) is 71.8 Å². The Bertz CT molecular complexity index is 2410. The number of halogens is 1. The van der Waals surface area contributed by atoms with E-state index in [4.69, 9.17) is 0 Å². The van der Waals surface area contributed by atoms with E-state index in [9.17, 15) is 44.0 Å². The van der Waals surface area contributed by atoms with Crippen LogP contribution in [-0.4, -0.2) is 54.0 Å². The van der Waals surface area contributed by atoms with E-state index in [-0.39, 0.29) is 132 Å². The fraction of sp³-hybridized carbons (Fsp3) is 0.0588. The average molecular weight is 876 g/mol. The van der Waals surface area contributed by atoms with Crippen LogP contribution in [0.5, 0.6) is 5.75 Å². The zero-order valence-corrected chi connectivity index (χ0v) is 39.5. The molecule has 2 aromatic heterocycles. The fourth-order valence-corrected chi connectivity index (χ4v) is 8.45. The quantitative estimate of drug-likeness (QED) is 0.0902. The maximum Gasteiger partial charge on any atom is 1.00 e. The molecule has 5 aromatic carbocycles. The summed E-state index contributed by atoms with van der Waals surface area (Å²) < 4.78 is 101. The third-order valence-corrected chi connectivity index (χ3v) is 9.98. The van der Waals surface area contributed by atoms with Gasteiger partial charge in [-0.3, -0.25) is 23.6 Å². The number of phenols is 1. The summed E-state index contributed by atoms with van der Waals surface area (Å²) >= 11 is 0. The third-order valence-electron chi connectivity index (χ3n) is 6.92. The zero-order valence-electron chi connectivity index (χ0n) is 32.3. The van der Waals surface area contributed by atoms with Crippen LogP contribution < -0.4 is 88.7 Å². The molecular formula is C34H34BrN2Na3O10S3. The van der Waals surface area contributed by atoms with Gasteiger partial charge in [0.05, 0.1) is 0 Å². The predicted octanol–water partition coefficient (Wildman–Crippen LogP) is -1.58. The smallest absolute Gasteiger partial charge is 1.00 e. The summed E-state index contributed by atoms with van der Waals surface area (Å²) in [7, 11) is -16.4. The van der Waals surface area contributed by atoms with Crippen molar-refractivity contribution in [1.82, 2.24) is 9.97 Å². The Kier molecular flexibility index (Phi) is 21.6. The van der Waals surface area contributed by atoms with Gasteiger partial charge < -0.3 is 9.39 Å². The summed E-state index contributed by atoms with van der Waals surface area (Å²) in [5.41, 5.74) is 2.66. The van der Waals surface area contributed by atoms with E-state index >= 15 is 0 Å². The molecule has 268 valence electrons. The second-order valence-electron chi connectivity index (χ2n) is 10.4. The summed E-state index contributed by atoms with van der Waals surface area (Å²) in [6.45, 7) is 4.19. The molecule has 12 nitrogen and oxygen atoms in total. The van der Waals surface area contributed by atoms with Gasteiger partial charge in [0.25, 0.3) is 30.4 Å². The fourth-order valence-electron chi connectivity index (χ4n) is 4.87. The van der Waals surface area contributed by atoms with Crippen molar-refractivity contribution in [2.45, 2.75) is 28.5 Å². The molecule has 0 atom stereocenters. The second-order valence-corrected chi connectivity index (χ2v) is 14.5. The van der Waals surface area contributed by atoms with E-state index < -0.39 is 55.8 Å². The van der Waals surface area contributed by atoms with Gasteiger partial charge in [-0.15, -0.1) is 17.0 Å². The van der Waals surface area contributed by atoms with Gasteiger partial charge in [0, 0.05) is 51.7 Å². The number of hydrogen-bond donors (Lipinski definition) is 4. The van der Waals surface area contributed by atoms with Crippen LogP contribution in [0.2, 0.25) is 0 Å². The van der Waals surface area contributed by atoms with Crippen LogP contribution in [0.15, 0.2) is 137 Å². The third kappa shape index (κ3) is 13.6. The minimum Gasteiger partial charge on any atom is -1.00 e. The van der Waals surface area contributed by atoms with Crippen LogP contribution in [0.4, 0.5) is 0 Å². The van der Waals surface area contributed by atoms with Gasteiger partial charge in [0.1, 0.15) is 20.4 Å². The van der Waals surface area contributed by atoms with Crippen LogP contribution >= 0.6 is 17.0 Å². The largest absolute Gasteiger partial charge is 1.00 e. The van der Waals surface area contributed by atoms with Crippen LogP contribution in [0.3, 0.4) is 0 Å². The monoisotopic (exact) mass is 874 g/mol. The minimum atomic E-state index is -5.56. The first-order valence-electron chi connectivity index (χ1n) is 14.1. The predicted molar refractivity (Wildman–Crippen MR) is 199 cm³/mol. The van der Waals surface area contributed by atoms with E-state index in [0.717, 1.165) is 12.1 Å². The molecule has 7 aromatic rings. The van der Waals surface area contributed by atoms with Gasteiger partial charge >= 0.3 is 88.7 Å². The van der Waals surface area contributed by atoms with Gasteiger partial charge in [-0.25, -0.2) is 0 Å². The van der Waals surface area contributed by atoms with Crippen LogP contribution in [0.1, 0.15) is 15.4 Å². The number of hydrogen-bond acceptors (Lipinski definition) is 9. The average Bonchev–Trinajstić information content (AvgIpc) is 3.06. The second kappa shape index (κ2) is 22.3. The Morgan fingerprint density at radius 3 is 1.13 bits per heavy atom. The van der Waals surface area contributed by atoms with Gasteiger partial charge in [0.15, 0.2) is 0 Å². The number of rotatable bonds is 3. The number of aryl methyl sites for hydroxylation is 2. The summed E-state index contributed by atoms with van der Waals surface area (Å²) in [5, 5.41) is 9.89. The molecule has 0 aliphatic rings. The molecule has 53 heavy (non-hydrogen) atoms. The molecule has 0 amide bonds. The van der Waals surface area contributed by atoms with Gasteiger partial charge in [0.2, 0.25) is 0 Å². The Morgan fingerprint density at radius 2 is 0.811 bits per heavy atom. The Hall–Kier alpha value is -1.55. The summed E-state index contributed by atoms with van der Waals surface area (Å²) in [5.74, 6) is -0.229. The molecule has 0 aliphatic carbocycles. The number of phenolic OH excluding ortho intramolecular Hbond substituents is 1. The zero-order chi connectivity index (χ0) is 36.0. The Balaban J connectivity index is -0.000000414. The first kappa shape index (κ1) is 51.5.